The van der Waals surface area contributed by atoms with Crippen LogP contribution in [0.2, 0.25) is 0 Å². The number of nitrogens with one attached hydrogen (secondary N) is 3. The molecule has 6 N–H and O–H groups in total. The second-order valence-corrected chi connectivity index (χ2v) is 5.08. The van der Waals surface area contributed by atoms with Gasteiger partial charge in [-0.3, -0.25) is 4.98 Å². The molecule has 13 heteroatoms. The van der Waals surface area contributed by atoms with Crippen molar-refractivity contribution in [2.75, 3.05) is 27.2 Å². The third-order valence-electron chi connectivity index (χ3n) is 3.21. The number of aromatic nitrogens is 5. The topological polar surface area (TPSA) is 176 Å². The lowest BCUT2D eigenvalue weighted by Crippen LogP contribution is -2.30. The van der Waals surface area contributed by atoms with Gasteiger partial charge in [-0.2, -0.15) is 14.7 Å². The van der Waals surface area contributed by atoms with Gasteiger partial charge in [0.1, 0.15) is 6.33 Å². The molecule has 28 heavy (non-hydrogen) atoms. The summed E-state index contributed by atoms with van der Waals surface area (Å²) < 4.78 is 1.42. The van der Waals surface area contributed by atoms with Crippen LogP contribution in [0.25, 0.3) is 5.82 Å². The lowest BCUT2D eigenvalue weighted by Gasteiger charge is -2.12. The molecule has 0 radical (unpaired) electrons. The molecule has 0 aromatic carbocycles. The van der Waals surface area contributed by atoms with E-state index in [0.29, 0.717) is 11.5 Å². The first-order chi connectivity index (χ1) is 13.6. The Morgan fingerprint density at radius 3 is 2.75 bits per heavy atom. The summed E-state index contributed by atoms with van der Waals surface area (Å²) in [6, 6.07) is 0. The number of aliphatic hydroxyl groups is 1. The van der Waals surface area contributed by atoms with E-state index >= 15 is 0 Å². The van der Waals surface area contributed by atoms with Crippen molar-refractivity contribution in [3.63, 3.8) is 0 Å². The number of nitrogens with zero attached hydrogens (tertiary/aromatic N) is 8. The average molecular weight is 386 g/mol. The molecule has 0 unspecified atom stereocenters. The quantitative estimate of drug-likeness (QED) is 0.159. The van der Waals surface area contributed by atoms with E-state index < -0.39 is 0 Å². The molecule has 2 heterocycles. The highest BCUT2D eigenvalue weighted by atomic mass is 16.3. The van der Waals surface area contributed by atoms with Gasteiger partial charge < -0.3 is 26.8 Å². The van der Waals surface area contributed by atoms with Crippen LogP contribution < -0.4 is 21.7 Å². The summed E-state index contributed by atoms with van der Waals surface area (Å²) in [6.07, 6.45) is 6.08. The predicted molar refractivity (Wildman–Crippen MR) is 102 cm³/mol. The number of likely N-dealkylation sites (N-methyl/N-ethyl adjacent to an activating group) is 1. The smallest absolute Gasteiger partial charge is 0.287 e. The minimum Gasteiger partial charge on any atom is -0.395 e. The maximum absolute atomic E-state index is 9.10. The summed E-state index contributed by atoms with van der Waals surface area (Å²) >= 11 is 0. The fourth-order valence-corrected chi connectivity index (χ4v) is 1.81. The first kappa shape index (κ1) is 20.4. The van der Waals surface area contributed by atoms with Gasteiger partial charge in [-0.1, -0.05) is 6.58 Å². The van der Waals surface area contributed by atoms with Gasteiger partial charge in [0, 0.05) is 33.0 Å². The van der Waals surface area contributed by atoms with E-state index in [4.69, 9.17) is 10.8 Å². The SMILES string of the molecule is C=C(NC)C(/N=N/c1ncn(-c2cnccn2)n1)=C(\N=C(/N)NC)NCCO. The summed E-state index contributed by atoms with van der Waals surface area (Å²) in [5.41, 5.74) is 6.43. The minimum absolute atomic E-state index is 0.0964. The van der Waals surface area contributed by atoms with Gasteiger partial charge >= 0.3 is 0 Å². The highest BCUT2D eigenvalue weighted by Gasteiger charge is 2.11. The Morgan fingerprint density at radius 2 is 2.11 bits per heavy atom. The van der Waals surface area contributed by atoms with Gasteiger partial charge in [-0.25, -0.2) is 4.98 Å². The highest BCUT2D eigenvalue weighted by Crippen LogP contribution is 2.16. The highest BCUT2D eigenvalue weighted by molar-refractivity contribution is 5.78. The molecule has 0 amide bonds. The second-order valence-electron chi connectivity index (χ2n) is 5.08. The van der Waals surface area contributed by atoms with Crippen LogP contribution in [-0.2, 0) is 0 Å². The number of nitrogens with two attached hydrogens (primary N) is 1. The van der Waals surface area contributed by atoms with Crippen LogP contribution >= 0.6 is 0 Å². The Hall–Kier alpha value is -3.87. The van der Waals surface area contributed by atoms with Crippen LogP contribution in [-0.4, -0.2) is 63.0 Å². The third-order valence-corrected chi connectivity index (χ3v) is 3.21. The molecule has 148 valence electrons. The predicted octanol–water partition coefficient (Wildman–Crippen LogP) is -0.841. The Morgan fingerprint density at radius 1 is 1.29 bits per heavy atom. The number of hydrogen-bond donors (Lipinski definition) is 5. The third kappa shape index (κ3) is 5.57. The van der Waals surface area contributed by atoms with E-state index in [2.05, 4.69) is 57.8 Å². The molecule has 0 atom stereocenters. The molecule has 0 aliphatic heterocycles. The average Bonchev–Trinajstić information content (AvgIpc) is 3.21. The van der Waals surface area contributed by atoms with Crippen LogP contribution in [0.5, 0.6) is 0 Å². The van der Waals surface area contributed by atoms with E-state index in [1.54, 1.807) is 26.5 Å². The van der Waals surface area contributed by atoms with Crippen molar-refractivity contribution < 1.29 is 5.11 Å². The van der Waals surface area contributed by atoms with Gasteiger partial charge in [-0.05, 0) is 0 Å². The molecular weight excluding hydrogens is 364 g/mol. The Bertz CT molecular complexity index is 870. The van der Waals surface area contributed by atoms with Gasteiger partial charge in [0.25, 0.3) is 5.95 Å². The zero-order valence-electron chi connectivity index (χ0n) is 15.5. The normalized spacial score (nSPS) is 12.6. The lowest BCUT2D eigenvalue weighted by molar-refractivity contribution is 0.296. The maximum atomic E-state index is 9.10. The van der Waals surface area contributed by atoms with Crippen LogP contribution in [0.4, 0.5) is 5.95 Å². The van der Waals surface area contributed by atoms with E-state index in [1.165, 1.54) is 17.2 Å². The zero-order valence-corrected chi connectivity index (χ0v) is 15.5. The lowest BCUT2D eigenvalue weighted by atomic mass is 10.3. The van der Waals surface area contributed by atoms with Crippen molar-refractivity contribution in [3.05, 3.63) is 48.7 Å². The van der Waals surface area contributed by atoms with Gasteiger partial charge in [0.05, 0.1) is 18.5 Å². The summed E-state index contributed by atoms with van der Waals surface area (Å²) in [6.45, 7) is 4.00. The van der Waals surface area contributed by atoms with Crippen molar-refractivity contribution in [2.45, 2.75) is 0 Å². The summed E-state index contributed by atoms with van der Waals surface area (Å²) in [5, 5.41) is 29.9. The first-order valence-corrected chi connectivity index (χ1v) is 8.16. The van der Waals surface area contributed by atoms with Crippen molar-refractivity contribution in [1.82, 2.24) is 40.7 Å². The van der Waals surface area contributed by atoms with Gasteiger partial charge in [0.15, 0.2) is 23.3 Å². The second kappa shape index (κ2) is 10.3. The van der Waals surface area contributed by atoms with E-state index in [1.807, 2.05) is 0 Å². The Labute approximate surface area is 161 Å². The van der Waals surface area contributed by atoms with Crippen LogP contribution in [0, 0.1) is 0 Å². The van der Waals surface area contributed by atoms with Crippen molar-refractivity contribution in [3.8, 4) is 5.82 Å². The monoisotopic (exact) mass is 386 g/mol. The van der Waals surface area contributed by atoms with Gasteiger partial charge in [-0.15, -0.1) is 15.3 Å². The molecule has 0 bridgehead atoms. The maximum Gasteiger partial charge on any atom is 0.287 e. The van der Waals surface area contributed by atoms with Crippen LogP contribution in [0.1, 0.15) is 0 Å². The van der Waals surface area contributed by atoms with Crippen LogP contribution in [0.15, 0.2) is 63.9 Å². The molecular formula is C15H22N12O. The summed E-state index contributed by atoms with van der Waals surface area (Å²) in [7, 11) is 3.30. The molecule has 0 fully saturated rings. The van der Waals surface area contributed by atoms with Crippen molar-refractivity contribution in [2.24, 2.45) is 21.0 Å². The number of rotatable bonds is 9. The fraction of sp³-hybridized carbons (Fsp3) is 0.267. The van der Waals surface area contributed by atoms with Crippen molar-refractivity contribution in [1.29, 1.82) is 0 Å². The van der Waals surface area contributed by atoms with E-state index in [0.717, 1.165) is 0 Å². The summed E-state index contributed by atoms with van der Waals surface area (Å²) in [4.78, 5) is 16.4. The number of hydrogen-bond acceptors (Lipinski definition) is 10. The number of guanidine groups is 1. The number of aliphatic imine (C=N–C) groups is 1. The molecule has 13 nitrogen and oxygen atoms in total. The molecule has 0 saturated carbocycles. The Kier molecular flexibility index (Phi) is 7.53. The minimum atomic E-state index is -0.112. The number of azo groups is 1. The standard InChI is InChI=1S/C15H22N12O/c1-10(17-2)12(13(21-6-7-28)23-14(16)18-3)24-25-15-22-9-27(26-15)11-8-19-4-5-20-11/h4-5,8-9,17,21,28H,1,6-7H2,2-3H3,(H3,16,18,23)/b13-12+,25-24+. The molecule has 0 aliphatic carbocycles. The summed E-state index contributed by atoms with van der Waals surface area (Å²) in [5.74, 6) is 0.988. The van der Waals surface area contributed by atoms with E-state index in [-0.39, 0.29) is 36.6 Å². The molecule has 2 aromatic rings. The van der Waals surface area contributed by atoms with E-state index in [9.17, 15) is 0 Å². The zero-order chi connectivity index (χ0) is 20.4. The fourth-order valence-electron chi connectivity index (χ4n) is 1.81. The largest absolute Gasteiger partial charge is 0.395 e. The molecule has 2 rings (SSSR count). The van der Waals surface area contributed by atoms with Crippen LogP contribution in [0.3, 0.4) is 0 Å². The Balaban J connectivity index is 2.37. The molecule has 2 aromatic heterocycles. The number of aliphatic hydroxyl groups excluding tert-OH is 1. The molecule has 0 aliphatic rings. The first-order valence-electron chi connectivity index (χ1n) is 8.16. The van der Waals surface area contributed by atoms with Gasteiger partial charge in [0.2, 0.25) is 0 Å². The molecule has 0 spiro atoms. The molecule has 0 saturated heterocycles. The van der Waals surface area contributed by atoms with Crippen molar-refractivity contribution >= 4 is 11.9 Å².